The molecule has 0 aliphatic carbocycles. The summed E-state index contributed by atoms with van der Waals surface area (Å²) in [6, 6.07) is 3.50. The Kier molecular flexibility index (Phi) is 6.03. The molecule has 0 bridgehead atoms. The van der Waals surface area contributed by atoms with Gasteiger partial charge in [0.25, 0.3) is 5.56 Å². The van der Waals surface area contributed by atoms with E-state index in [9.17, 15) is 18.7 Å². The smallest absolute Gasteiger partial charge is 0.277 e. The highest BCUT2D eigenvalue weighted by atomic mass is 35.5. The van der Waals surface area contributed by atoms with Gasteiger partial charge in [0.05, 0.1) is 26.9 Å². The first kappa shape index (κ1) is 22.8. The molecule has 5 rings (SSSR count). The predicted octanol–water partition coefficient (Wildman–Crippen LogP) is 3.52. The molecule has 0 radical (unpaired) electrons. The van der Waals surface area contributed by atoms with Crippen LogP contribution in [0.2, 0.25) is 5.02 Å². The zero-order valence-electron chi connectivity index (χ0n) is 21.9. The molecule has 5 heterocycles. The van der Waals surface area contributed by atoms with Gasteiger partial charge in [-0.15, -0.1) is 0 Å². The fourth-order valence-electron chi connectivity index (χ4n) is 4.07. The van der Waals surface area contributed by atoms with E-state index in [4.69, 9.17) is 23.8 Å². The first-order valence-electron chi connectivity index (χ1n) is 12.4. The number of dihydropyridines is 1. The number of hydrogen-bond donors (Lipinski definition) is 1. The van der Waals surface area contributed by atoms with Crippen LogP contribution in [-0.4, -0.2) is 43.4 Å². The molecule has 0 saturated carbocycles. The second kappa shape index (κ2) is 9.81. The van der Waals surface area contributed by atoms with Crippen LogP contribution in [0.15, 0.2) is 46.5 Å². The van der Waals surface area contributed by atoms with Gasteiger partial charge < -0.3 is 14.6 Å². The van der Waals surface area contributed by atoms with E-state index in [1.165, 1.54) is 15.3 Å². The van der Waals surface area contributed by atoms with Crippen molar-refractivity contribution in [2.75, 3.05) is 13.2 Å². The molecule has 1 atom stereocenters. The number of aromatic nitrogens is 4. The average molecular weight is 534 g/mol. The minimum Gasteiger partial charge on any atom is -0.485 e. The van der Waals surface area contributed by atoms with Gasteiger partial charge in [0.2, 0.25) is 0 Å². The van der Waals surface area contributed by atoms with Gasteiger partial charge >= 0.3 is 0 Å². The Balaban J connectivity index is 1.56. The van der Waals surface area contributed by atoms with E-state index in [0.29, 0.717) is 54.8 Å². The minimum absolute atomic E-state index is 0.0178. The number of nitrogens with zero attached hydrogens (tertiary/aromatic N) is 5. The van der Waals surface area contributed by atoms with Gasteiger partial charge in [0.1, 0.15) is 34.4 Å². The van der Waals surface area contributed by atoms with Crippen LogP contribution in [0, 0.1) is 17.6 Å². The number of allylic oxidation sites excluding steroid dienone is 1. The van der Waals surface area contributed by atoms with Crippen molar-refractivity contribution in [2.45, 2.75) is 39.0 Å². The van der Waals surface area contributed by atoms with E-state index >= 15 is 0 Å². The van der Waals surface area contributed by atoms with Crippen LogP contribution in [0.25, 0.3) is 5.70 Å². The van der Waals surface area contributed by atoms with E-state index in [0.717, 1.165) is 0 Å². The summed E-state index contributed by atoms with van der Waals surface area (Å²) in [6.45, 7) is 1.05. The number of rotatable bonds is 4. The molecule has 0 spiro atoms. The van der Waals surface area contributed by atoms with E-state index in [-0.39, 0.29) is 18.3 Å². The van der Waals surface area contributed by atoms with Crippen molar-refractivity contribution in [1.29, 1.82) is 0 Å². The molecular weight excluding hydrogens is 508 g/mol. The number of aliphatic hydroxyl groups is 1. The molecule has 1 N–H and O–H groups in total. The maximum Gasteiger partial charge on any atom is 0.277 e. The highest BCUT2D eigenvalue weighted by molar-refractivity contribution is 6.31. The molecule has 37 heavy (non-hydrogen) atoms. The standard InChI is InChI=1S/C25H24ClF2N5O4/c1-25(2,35)21-3-5-32(31-21)22-9-19-14(10-30-22)4-6-36-12-16-8-20(23(26)24(34)33(16)19)37-13-18-17(28)7-15(27)11-29-18/h3,5,7-9,11,14,35H,4,6,10,12-13H2,1-2H3/t14-/m0/s1/i13D2. The minimum atomic E-state index is -2.88. The summed E-state index contributed by atoms with van der Waals surface area (Å²) in [5, 5.41) is 14.2. The van der Waals surface area contributed by atoms with Crippen molar-refractivity contribution in [3.63, 3.8) is 0 Å². The largest absolute Gasteiger partial charge is 0.485 e. The number of ether oxygens (including phenoxy) is 2. The molecule has 2 aliphatic heterocycles. The van der Waals surface area contributed by atoms with Gasteiger partial charge in [-0.1, -0.05) is 11.6 Å². The first-order valence-corrected chi connectivity index (χ1v) is 11.8. The van der Waals surface area contributed by atoms with Gasteiger partial charge in [0, 0.05) is 49.2 Å². The second-order valence-corrected chi connectivity index (χ2v) is 9.53. The summed E-state index contributed by atoms with van der Waals surface area (Å²) >= 11 is 6.38. The van der Waals surface area contributed by atoms with E-state index in [1.807, 2.05) is 0 Å². The Morgan fingerprint density at radius 2 is 2.19 bits per heavy atom. The quantitative estimate of drug-likeness (QED) is 0.550. The summed E-state index contributed by atoms with van der Waals surface area (Å²) in [6.07, 6.45) is 4.60. The molecule has 3 aromatic rings. The number of aliphatic imine (C=N–C) groups is 1. The van der Waals surface area contributed by atoms with E-state index in [1.54, 1.807) is 32.2 Å². The lowest BCUT2D eigenvalue weighted by atomic mass is 9.97. The Hall–Kier alpha value is -3.41. The normalized spacial score (nSPS) is 18.9. The fourth-order valence-corrected chi connectivity index (χ4v) is 4.25. The highest BCUT2D eigenvalue weighted by Crippen LogP contribution is 2.31. The van der Waals surface area contributed by atoms with Gasteiger partial charge in [-0.05, 0) is 26.3 Å². The topological polar surface area (TPSA) is 104 Å². The molecular formula is C25H24ClF2N5O4. The van der Waals surface area contributed by atoms with Crippen LogP contribution in [0.4, 0.5) is 8.78 Å². The SMILES string of the molecule is [2H]C([2H])(Oc1cc2n(c(=O)c1Cl)C1=CC(n3ccc(C(C)(C)O)n3)=NC[C@@H]1CCOC2)c1ncc(F)cc1F. The number of halogens is 3. The molecule has 9 nitrogen and oxygen atoms in total. The molecule has 0 aromatic carbocycles. The Morgan fingerprint density at radius 3 is 2.92 bits per heavy atom. The maximum atomic E-state index is 14.2. The summed E-state index contributed by atoms with van der Waals surface area (Å²) in [4.78, 5) is 21.6. The van der Waals surface area contributed by atoms with Crippen molar-refractivity contribution in [3.8, 4) is 5.75 Å². The van der Waals surface area contributed by atoms with Crippen molar-refractivity contribution in [2.24, 2.45) is 10.9 Å². The average Bonchev–Trinajstić information content (AvgIpc) is 3.35. The Bertz CT molecular complexity index is 1560. The van der Waals surface area contributed by atoms with Gasteiger partial charge in [-0.2, -0.15) is 5.10 Å². The zero-order chi connectivity index (χ0) is 28.1. The van der Waals surface area contributed by atoms with E-state index in [2.05, 4.69) is 15.1 Å². The van der Waals surface area contributed by atoms with Crippen LogP contribution in [-0.2, 0) is 23.5 Å². The van der Waals surface area contributed by atoms with Gasteiger partial charge in [-0.3, -0.25) is 19.3 Å². The summed E-state index contributed by atoms with van der Waals surface area (Å²) in [7, 11) is 0. The van der Waals surface area contributed by atoms with Crippen molar-refractivity contribution in [1.82, 2.24) is 19.3 Å². The molecule has 0 fully saturated rings. The second-order valence-electron chi connectivity index (χ2n) is 9.15. The van der Waals surface area contributed by atoms with Crippen LogP contribution in [0.3, 0.4) is 0 Å². The van der Waals surface area contributed by atoms with Crippen LogP contribution >= 0.6 is 11.6 Å². The molecule has 2 aliphatic rings. The molecule has 3 aromatic heterocycles. The van der Waals surface area contributed by atoms with Crippen molar-refractivity contribution in [3.05, 3.63) is 80.8 Å². The molecule has 0 saturated heterocycles. The number of hydrogen-bond acceptors (Lipinski definition) is 7. The lowest BCUT2D eigenvalue weighted by molar-refractivity contribution is 0.0735. The lowest BCUT2D eigenvalue weighted by Gasteiger charge is -2.29. The molecule has 0 amide bonds. The third-order valence-electron chi connectivity index (χ3n) is 6.00. The predicted molar refractivity (Wildman–Crippen MR) is 131 cm³/mol. The van der Waals surface area contributed by atoms with Gasteiger partial charge in [0.15, 0.2) is 11.7 Å². The number of pyridine rings is 2. The third kappa shape index (κ3) is 5.07. The lowest BCUT2D eigenvalue weighted by Crippen LogP contribution is -2.33. The van der Waals surface area contributed by atoms with Crippen molar-refractivity contribution >= 4 is 23.1 Å². The number of fused-ring (bicyclic) bond motifs is 3. The van der Waals surface area contributed by atoms with Gasteiger partial charge in [-0.25, -0.2) is 13.5 Å². The molecule has 0 unspecified atom stereocenters. The Labute approximate surface area is 218 Å². The molecule has 12 heteroatoms. The van der Waals surface area contributed by atoms with Crippen LogP contribution in [0.1, 0.15) is 40.1 Å². The Morgan fingerprint density at radius 1 is 1.38 bits per heavy atom. The highest BCUT2D eigenvalue weighted by Gasteiger charge is 2.28. The van der Waals surface area contributed by atoms with Crippen LogP contribution in [0.5, 0.6) is 5.75 Å². The fraction of sp³-hybridized carbons (Fsp3) is 0.360. The van der Waals surface area contributed by atoms with E-state index < -0.39 is 40.1 Å². The molecule has 194 valence electrons. The third-order valence-corrected chi connectivity index (χ3v) is 6.34. The summed E-state index contributed by atoms with van der Waals surface area (Å²) in [5.41, 5.74) is -1.31. The summed E-state index contributed by atoms with van der Waals surface area (Å²) in [5.74, 6) is -2.33. The van der Waals surface area contributed by atoms with Crippen molar-refractivity contribution < 1.29 is 26.1 Å². The maximum absolute atomic E-state index is 14.2. The summed E-state index contributed by atoms with van der Waals surface area (Å²) < 4.78 is 57.8. The monoisotopic (exact) mass is 533 g/mol. The zero-order valence-corrected chi connectivity index (χ0v) is 20.7. The van der Waals surface area contributed by atoms with Crippen LogP contribution < -0.4 is 10.3 Å². The first-order chi connectivity index (χ1) is 18.3.